The predicted octanol–water partition coefficient (Wildman–Crippen LogP) is 5.92. The van der Waals surface area contributed by atoms with Crippen molar-refractivity contribution in [1.29, 1.82) is 0 Å². The van der Waals surface area contributed by atoms with Crippen LogP contribution in [0.25, 0.3) is 0 Å². The third kappa shape index (κ3) is 8.60. The molecule has 0 unspecified atom stereocenters. The zero-order chi connectivity index (χ0) is 37.2. The van der Waals surface area contributed by atoms with E-state index in [1.807, 2.05) is 37.3 Å². The van der Waals surface area contributed by atoms with Gasteiger partial charge in [0.1, 0.15) is 18.0 Å². The van der Waals surface area contributed by atoms with Gasteiger partial charge in [0.05, 0.1) is 24.2 Å². The van der Waals surface area contributed by atoms with E-state index in [1.165, 1.54) is 5.56 Å². The molecule has 1 N–H and O–H groups in total. The summed E-state index contributed by atoms with van der Waals surface area (Å²) in [6, 6.07) is 11.7. The third-order valence-electron chi connectivity index (χ3n) is 12.6. The van der Waals surface area contributed by atoms with E-state index >= 15 is 0 Å². The standard InChI is InChI=1S/C41H57ClN4O6S/c1-4-52-41(28-44-18-19-45-20-21-50-27-36(45)25-44)16-7-8-29(2)30(3)53(48,49)43-40(47)32-12-15-39-38(23-32)46(24-33-11-14-37(33)41)17-6-5-9-31-22-35(42)13-10-34(31)26-51-39/h7,10,12-13,15-16,22-23,29-30,33,36-37H,4-6,8-9,11,14,17-21,24-28H2,1-3H3,(H,43,47)/b16-7+/t29-,30+,33-,36-,37+,41-/m0/s1. The van der Waals surface area contributed by atoms with Crippen molar-refractivity contribution in [3.05, 3.63) is 70.3 Å². The maximum absolute atomic E-state index is 13.6. The summed E-state index contributed by atoms with van der Waals surface area (Å²) >= 11 is 6.42. The Bertz CT molecular complexity index is 1760. The molecule has 10 nitrogen and oxygen atoms in total. The Hall–Kier alpha value is -2.67. The highest BCUT2D eigenvalue weighted by Crippen LogP contribution is 2.47. The Balaban J connectivity index is 1.26. The van der Waals surface area contributed by atoms with Crippen molar-refractivity contribution in [2.45, 2.75) is 82.8 Å². The molecular weight excluding hydrogens is 712 g/mol. The van der Waals surface area contributed by atoms with Crippen LogP contribution in [0.1, 0.15) is 74.4 Å². The fraction of sp³-hybridized carbons (Fsp3) is 0.634. The van der Waals surface area contributed by atoms with Gasteiger partial charge in [0.15, 0.2) is 0 Å². The summed E-state index contributed by atoms with van der Waals surface area (Å²) in [6.45, 7) is 14.5. The number of aryl methyl sites for hydroxylation is 1. The summed E-state index contributed by atoms with van der Waals surface area (Å²) < 4.78 is 49.1. The highest BCUT2D eigenvalue weighted by Gasteiger charge is 2.49. The fourth-order valence-corrected chi connectivity index (χ4v) is 10.6. The number of nitrogens with zero attached hydrogens (tertiary/aromatic N) is 3. The number of hydrogen-bond acceptors (Lipinski definition) is 9. The Kier molecular flexibility index (Phi) is 12.1. The van der Waals surface area contributed by atoms with E-state index in [-0.39, 0.29) is 11.8 Å². The van der Waals surface area contributed by atoms with Crippen LogP contribution >= 0.6 is 11.6 Å². The minimum Gasteiger partial charge on any atom is -0.487 e. The maximum Gasteiger partial charge on any atom is 0.264 e. The Morgan fingerprint density at radius 2 is 1.89 bits per heavy atom. The highest BCUT2D eigenvalue weighted by atomic mass is 35.5. The molecule has 1 aliphatic carbocycles. The van der Waals surface area contributed by atoms with Crippen molar-refractivity contribution in [3.63, 3.8) is 0 Å². The van der Waals surface area contributed by atoms with Crippen molar-refractivity contribution in [3.8, 4) is 5.75 Å². The minimum atomic E-state index is -3.96. The van der Waals surface area contributed by atoms with Crippen molar-refractivity contribution < 1.29 is 27.4 Å². The number of piperazine rings is 1. The molecule has 2 saturated heterocycles. The van der Waals surface area contributed by atoms with Crippen molar-refractivity contribution >= 4 is 33.2 Å². The van der Waals surface area contributed by atoms with E-state index < -0.39 is 26.8 Å². The van der Waals surface area contributed by atoms with Gasteiger partial charge in [-0.15, -0.1) is 0 Å². The van der Waals surface area contributed by atoms with Gasteiger partial charge in [-0.1, -0.05) is 36.7 Å². The van der Waals surface area contributed by atoms with E-state index in [9.17, 15) is 13.2 Å². The Morgan fingerprint density at radius 3 is 2.70 bits per heavy atom. The molecule has 2 bridgehead atoms. The van der Waals surface area contributed by atoms with Gasteiger partial charge in [-0.3, -0.25) is 14.6 Å². The molecule has 0 radical (unpaired) electrons. The lowest BCUT2D eigenvalue weighted by atomic mass is 9.63. The predicted molar refractivity (Wildman–Crippen MR) is 209 cm³/mol. The number of carbonyl (C=O) groups excluding carboxylic acids is 1. The molecule has 1 saturated carbocycles. The largest absolute Gasteiger partial charge is 0.487 e. The molecule has 0 spiro atoms. The van der Waals surface area contributed by atoms with Gasteiger partial charge < -0.3 is 19.1 Å². The molecule has 4 heterocycles. The molecule has 6 atom stereocenters. The van der Waals surface area contributed by atoms with Crippen LogP contribution in [0.2, 0.25) is 5.02 Å². The number of benzene rings is 2. The van der Waals surface area contributed by atoms with E-state index in [2.05, 4.69) is 38.5 Å². The molecule has 4 aliphatic heterocycles. The van der Waals surface area contributed by atoms with Crippen molar-refractivity contribution in [1.82, 2.24) is 14.5 Å². The Morgan fingerprint density at radius 1 is 1.02 bits per heavy atom. The molecule has 290 valence electrons. The highest BCUT2D eigenvalue weighted by molar-refractivity contribution is 7.90. The smallest absolute Gasteiger partial charge is 0.264 e. The number of nitrogens with one attached hydrogen (secondary N) is 1. The molecule has 0 aromatic heterocycles. The van der Waals surface area contributed by atoms with Crippen molar-refractivity contribution in [2.75, 3.05) is 70.5 Å². The van der Waals surface area contributed by atoms with Crippen LogP contribution in [-0.4, -0.2) is 107 Å². The van der Waals surface area contributed by atoms with Crippen LogP contribution in [-0.2, 0) is 32.5 Å². The first-order valence-electron chi connectivity index (χ1n) is 19.8. The van der Waals surface area contributed by atoms with Gasteiger partial charge in [-0.25, -0.2) is 13.1 Å². The van der Waals surface area contributed by atoms with Gasteiger partial charge >= 0.3 is 0 Å². The Labute approximate surface area is 321 Å². The first kappa shape index (κ1) is 38.6. The number of hydrogen-bond donors (Lipinski definition) is 1. The van der Waals surface area contributed by atoms with Crippen molar-refractivity contribution in [2.24, 2.45) is 17.8 Å². The molecule has 12 heteroatoms. The lowest BCUT2D eigenvalue weighted by Crippen LogP contribution is -2.62. The average molecular weight is 769 g/mol. The molecule has 53 heavy (non-hydrogen) atoms. The maximum atomic E-state index is 13.6. The summed E-state index contributed by atoms with van der Waals surface area (Å²) in [5, 5.41) is -0.0641. The number of ether oxygens (including phenoxy) is 3. The second-order valence-corrected chi connectivity index (χ2v) is 18.4. The number of anilines is 1. The van der Waals surface area contributed by atoms with Gasteiger partial charge in [0, 0.05) is 69.0 Å². The summed E-state index contributed by atoms with van der Waals surface area (Å²) in [5.74, 6) is 0.447. The number of sulfonamides is 1. The lowest BCUT2D eigenvalue weighted by Gasteiger charge is -2.53. The van der Waals surface area contributed by atoms with Gasteiger partial charge in [0.2, 0.25) is 10.0 Å². The summed E-state index contributed by atoms with van der Waals surface area (Å²) in [5.41, 5.74) is 2.87. The number of halogens is 1. The summed E-state index contributed by atoms with van der Waals surface area (Å²) in [6.07, 6.45) is 9.94. The van der Waals surface area contributed by atoms with E-state index in [0.717, 1.165) is 107 Å². The third-order valence-corrected chi connectivity index (χ3v) is 14.7. The van der Waals surface area contributed by atoms with Gasteiger partial charge in [-0.05, 0) is 112 Å². The summed E-state index contributed by atoms with van der Waals surface area (Å²) in [4.78, 5) is 21.2. The first-order valence-corrected chi connectivity index (χ1v) is 21.7. The van der Waals surface area contributed by atoms with Crippen LogP contribution in [0.4, 0.5) is 5.69 Å². The van der Waals surface area contributed by atoms with Crippen LogP contribution in [0.15, 0.2) is 48.6 Å². The topological polar surface area (TPSA) is 101 Å². The normalized spacial score (nSPS) is 32.0. The second kappa shape index (κ2) is 16.6. The molecular formula is C41H57ClN4O6S. The zero-order valence-corrected chi connectivity index (χ0v) is 33.2. The second-order valence-electron chi connectivity index (χ2n) is 15.9. The van der Waals surface area contributed by atoms with E-state index in [4.69, 9.17) is 25.8 Å². The number of morpholine rings is 1. The zero-order valence-electron chi connectivity index (χ0n) is 31.6. The number of rotatable bonds is 4. The van der Waals surface area contributed by atoms with E-state index in [1.54, 1.807) is 13.0 Å². The van der Waals surface area contributed by atoms with E-state index in [0.29, 0.717) is 42.9 Å². The van der Waals surface area contributed by atoms with Crippen LogP contribution < -0.4 is 14.4 Å². The molecule has 3 fully saturated rings. The van der Waals surface area contributed by atoms with Crippen LogP contribution in [0, 0.1) is 17.8 Å². The number of amides is 1. The molecule has 2 aromatic rings. The number of fused-ring (bicyclic) bond motifs is 4. The minimum absolute atomic E-state index is 0.224. The van der Waals surface area contributed by atoms with Crippen LogP contribution in [0.3, 0.4) is 0 Å². The quantitative estimate of drug-likeness (QED) is 0.380. The van der Waals surface area contributed by atoms with Gasteiger partial charge in [0.25, 0.3) is 5.91 Å². The van der Waals surface area contributed by atoms with Crippen LogP contribution in [0.5, 0.6) is 5.75 Å². The molecule has 5 aliphatic rings. The molecule has 1 amide bonds. The first-order chi connectivity index (χ1) is 25.5. The van der Waals surface area contributed by atoms with Gasteiger partial charge in [-0.2, -0.15) is 0 Å². The summed E-state index contributed by atoms with van der Waals surface area (Å²) in [7, 11) is -3.96. The molecule has 2 aromatic carbocycles. The number of carbonyl (C=O) groups is 1. The lowest BCUT2D eigenvalue weighted by molar-refractivity contribution is -0.121. The monoisotopic (exact) mass is 768 g/mol. The SMILES string of the molecule is CCO[C@]1(CN2CCN3CCOC[C@@H]3C2)/C=C/C[C@H](C)[C@@H](C)S(=O)(=O)NC(=O)c2ccc3c(c2)N(CCCCc2cc(Cl)ccc2CO3)C[C@@H]2CC[C@H]21. The number of allylic oxidation sites excluding steroid dienone is 1. The molecule has 7 rings (SSSR count). The fourth-order valence-electron chi connectivity index (χ4n) is 9.12. The average Bonchev–Trinajstić information content (AvgIpc) is 3.15.